The highest BCUT2D eigenvalue weighted by molar-refractivity contribution is 6.32. The lowest BCUT2D eigenvalue weighted by Crippen LogP contribution is -2.41. The number of carbonyl (C=O) groups is 1. The Bertz CT molecular complexity index is 1330. The van der Waals surface area contributed by atoms with Crippen molar-refractivity contribution in [1.82, 2.24) is 19.9 Å². The van der Waals surface area contributed by atoms with Crippen LogP contribution >= 0.6 is 11.6 Å². The highest BCUT2D eigenvalue weighted by atomic mass is 35.5. The highest BCUT2D eigenvalue weighted by Crippen LogP contribution is 2.35. The summed E-state index contributed by atoms with van der Waals surface area (Å²) in [7, 11) is 3.63. The molecule has 8 nitrogen and oxygen atoms in total. The maximum atomic E-state index is 12.7. The topological polar surface area (TPSA) is 80.7 Å². The largest absolute Gasteiger partial charge is 0.493 e. The quantitative estimate of drug-likeness (QED) is 0.546. The molecule has 0 radical (unpaired) electrons. The van der Waals surface area contributed by atoms with E-state index in [-0.39, 0.29) is 11.9 Å². The van der Waals surface area contributed by atoms with Crippen LogP contribution in [0.3, 0.4) is 0 Å². The van der Waals surface area contributed by atoms with Crippen molar-refractivity contribution in [2.45, 2.75) is 12.5 Å². The summed E-state index contributed by atoms with van der Waals surface area (Å²) in [5.74, 6) is 7.06. The van der Waals surface area contributed by atoms with Gasteiger partial charge in [-0.2, -0.15) is 0 Å². The second-order valence-electron chi connectivity index (χ2n) is 8.43. The first-order valence-corrected chi connectivity index (χ1v) is 11.8. The lowest BCUT2D eigenvalue weighted by atomic mass is 10.1. The number of aromatic nitrogens is 2. The molecule has 0 bridgehead atoms. The van der Waals surface area contributed by atoms with Crippen LogP contribution in [0.4, 0.5) is 5.69 Å². The standard InChI is InChI=1S/C26H26ClN5O3/c1-31-12-13-35-16-18(31)7-6-17-15-28-10-8-19(17)24-14-20-23(9-11-29-26(20)33)32(24)30-22-5-3-4-21(27)25(22)34-2/h3-5,8,10,14-15,18,30H,9,11-13,16H2,1-2H3,(H,29,33)/t18-/m1/s1. The maximum Gasteiger partial charge on any atom is 0.253 e. The summed E-state index contributed by atoms with van der Waals surface area (Å²) in [6.45, 7) is 2.68. The van der Waals surface area contributed by atoms with Crippen molar-refractivity contribution in [2.75, 3.05) is 45.9 Å². The molecule has 35 heavy (non-hydrogen) atoms. The van der Waals surface area contributed by atoms with E-state index in [1.165, 1.54) is 0 Å². The normalized spacial score (nSPS) is 17.7. The molecule has 180 valence electrons. The fraction of sp³-hybridized carbons (Fsp3) is 0.308. The molecule has 2 aromatic heterocycles. The van der Waals surface area contributed by atoms with Crippen molar-refractivity contribution in [1.29, 1.82) is 0 Å². The van der Waals surface area contributed by atoms with Gasteiger partial charge in [0.05, 0.1) is 59.6 Å². The van der Waals surface area contributed by atoms with Crippen molar-refractivity contribution in [3.8, 4) is 28.8 Å². The zero-order valence-corrected chi connectivity index (χ0v) is 20.4. The Morgan fingerprint density at radius 1 is 1.31 bits per heavy atom. The van der Waals surface area contributed by atoms with Crippen molar-refractivity contribution in [3.63, 3.8) is 0 Å². The molecular formula is C26H26ClN5O3. The lowest BCUT2D eigenvalue weighted by Gasteiger charge is -2.28. The van der Waals surface area contributed by atoms with Crippen LogP contribution in [0.25, 0.3) is 11.3 Å². The van der Waals surface area contributed by atoms with E-state index in [9.17, 15) is 4.79 Å². The first-order valence-electron chi connectivity index (χ1n) is 11.4. The Hall–Kier alpha value is -3.51. The van der Waals surface area contributed by atoms with Crippen LogP contribution in [0.1, 0.15) is 21.6 Å². The smallest absolute Gasteiger partial charge is 0.253 e. The third-order valence-electron chi connectivity index (χ3n) is 6.26. The summed E-state index contributed by atoms with van der Waals surface area (Å²) in [5, 5.41) is 3.42. The van der Waals surface area contributed by atoms with Gasteiger partial charge in [0, 0.05) is 37.5 Å². The van der Waals surface area contributed by atoms with E-state index in [0.717, 1.165) is 29.1 Å². The molecule has 2 aliphatic heterocycles. The summed E-state index contributed by atoms with van der Waals surface area (Å²) in [5.41, 5.74) is 8.05. The van der Waals surface area contributed by atoms with Crippen LogP contribution in [0.2, 0.25) is 5.02 Å². The summed E-state index contributed by atoms with van der Waals surface area (Å²) in [6.07, 6.45) is 4.16. The average Bonchev–Trinajstić information content (AvgIpc) is 3.23. The molecule has 1 amide bonds. The molecule has 1 fully saturated rings. The molecule has 3 aromatic rings. The number of methoxy groups -OCH3 is 1. The van der Waals surface area contributed by atoms with Gasteiger partial charge in [0.25, 0.3) is 5.91 Å². The van der Waals surface area contributed by atoms with E-state index in [2.05, 4.69) is 32.5 Å². The van der Waals surface area contributed by atoms with Crippen LogP contribution in [0.5, 0.6) is 5.75 Å². The van der Waals surface area contributed by atoms with Gasteiger partial charge in [-0.05, 0) is 31.3 Å². The van der Waals surface area contributed by atoms with Gasteiger partial charge in [-0.25, -0.2) is 0 Å². The number of carbonyl (C=O) groups excluding carboxylic acids is 1. The van der Waals surface area contributed by atoms with Crippen molar-refractivity contribution >= 4 is 23.2 Å². The van der Waals surface area contributed by atoms with Gasteiger partial charge in [-0.3, -0.25) is 24.8 Å². The third-order valence-corrected chi connectivity index (χ3v) is 6.56. The number of anilines is 1. The Balaban J connectivity index is 1.62. The molecule has 9 heteroatoms. The minimum absolute atomic E-state index is 0.0106. The number of para-hydroxylation sites is 1. The molecule has 5 rings (SSSR count). The summed E-state index contributed by atoms with van der Waals surface area (Å²) in [4.78, 5) is 19.2. The maximum absolute atomic E-state index is 12.7. The van der Waals surface area contributed by atoms with E-state index in [0.29, 0.717) is 48.2 Å². The minimum Gasteiger partial charge on any atom is -0.493 e. The summed E-state index contributed by atoms with van der Waals surface area (Å²) in [6, 6.07) is 9.32. The molecule has 4 heterocycles. The van der Waals surface area contributed by atoms with Crippen LogP contribution < -0.4 is 15.5 Å². The predicted octanol–water partition coefficient (Wildman–Crippen LogP) is 3.06. The first kappa shape index (κ1) is 23.2. The van der Waals surface area contributed by atoms with E-state index < -0.39 is 0 Å². The van der Waals surface area contributed by atoms with Crippen molar-refractivity contribution < 1.29 is 14.3 Å². The van der Waals surface area contributed by atoms with Crippen molar-refractivity contribution in [2.24, 2.45) is 0 Å². The highest BCUT2D eigenvalue weighted by Gasteiger charge is 2.26. The predicted molar refractivity (Wildman–Crippen MR) is 135 cm³/mol. The van der Waals surface area contributed by atoms with Gasteiger partial charge in [0.2, 0.25) is 0 Å². The van der Waals surface area contributed by atoms with Gasteiger partial charge in [-0.1, -0.05) is 29.5 Å². The monoisotopic (exact) mass is 491 g/mol. The Morgan fingerprint density at radius 2 is 2.20 bits per heavy atom. The molecule has 0 saturated carbocycles. The number of fused-ring (bicyclic) bond motifs is 1. The molecule has 0 aliphatic carbocycles. The van der Waals surface area contributed by atoms with E-state index >= 15 is 0 Å². The average molecular weight is 492 g/mol. The number of benzene rings is 1. The molecule has 2 aliphatic rings. The Morgan fingerprint density at radius 3 is 3.03 bits per heavy atom. The molecule has 1 aromatic carbocycles. The number of nitrogens with zero attached hydrogens (tertiary/aromatic N) is 3. The number of amides is 1. The number of hydrogen-bond acceptors (Lipinski definition) is 6. The van der Waals surface area contributed by atoms with Gasteiger partial charge < -0.3 is 14.8 Å². The van der Waals surface area contributed by atoms with Crippen LogP contribution in [0, 0.1) is 11.8 Å². The zero-order valence-electron chi connectivity index (χ0n) is 19.6. The zero-order chi connectivity index (χ0) is 24.4. The second kappa shape index (κ2) is 10.0. The fourth-order valence-corrected chi connectivity index (χ4v) is 4.60. The third kappa shape index (κ3) is 4.58. The van der Waals surface area contributed by atoms with Crippen molar-refractivity contribution in [3.05, 3.63) is 64.6 Å². The first-order chi connectivity index (χ1) is 17.1. The SMILES string of the molecule is COc1c(Cl)cccc1Nn1c(-c2ccncc2C#C[C@@H]2COCCN2C)cc2c1CCNC2=O. The van der Waals surface area contributed by atoms with Gasteiger partial charge >= 0.3 is 0 Å². The molecule has 1 saturated heterocycles. The Kier molecular flexibility index (Phi) is 6.64. The number of rotatable bonds is 4. The molecule has 0 spiro atoms. The van der Waals surface area contributed by atoms with E-state index in [1.807, 2.05) is 36.0 Å². The number of ether oxygens (including phenoxy) is 2. The second-order valence-corrected chi connectivity index (χ2v) is 8.83. The number of likely N-dealkylation sites (N-methyl/N-ethyl adjacent to an activating group) is 1. The minimum atomic E-state index is -0.103. The molecule has 1 atom stereocenters. The molecule has 2 N–H and O–H groups in total. The molecular weight excluding hydrogens is 466 g/mol. The molecule has 0 unspecified atom stereocenters. The number of hydrogen-bond donors (Lipinski definition) is 2. The van der Waals surface area contributed by atoms with Gasteiger partial charge in [0.1, 0.15) is 0 Å². The van der Waals surface area contributed by atoms with Crippen LogP contribution in [-0.2, 0) is 11.2 Å². The lowest BCUT2D eigenvalue weighted by molar-refractivity contribution is 0.0267. The van der Waals surface area contributed by atoms with E-state index in [4.69, 9.17) is 21.1 Å². The summed E-state index contributed by atoms with van der Waals surface area (Å²) < 4.78 is 13.1. The van der Waals surface area contributed by atoms with Crippen LogP contribution in [0.15, 0.2) is 42.7 Å². The van der Waals surface area contributed by atoms with Gasteiger partial charge in [-0.15, -0.1) is 0 Å². The Labute approximate surface area is 209 Å². The number of halogens is 1. The fourth-order valence-electron chi connectivity index (χ4n) is 4.35. The summed E-state index contributed by atoms with van der Waals surface area (Å²) >= 11 is 6.37. The number of nitrogens with one attached hydrogen (secondary N) is 2. The number of pyridine rings is 1. The van der Waals surface area contributed by atoms with Crippen LogP contribution in [-0.4, -0.2) is 67.0 Å². The van der Waals surface area contributed by atoms with Gasteiger partial charge in [0.15, 0.2) is 5.75 Å². The van der Waals surface area contributed by atoms with E-state index in [1.54, 1.807) is 25.6 Å². The number of morpholine rings is 1.